The number of aryl methyl sites for hydroxylation is 1. The maximum atomic E-state index is 5.91. The van der Waals surface area contributed by atoms with Gasteiger partial charge in [0.15, 0.2) is 5.75 Å². The van der Waals surface area contributed by atoms with Crippen LogP contribution in [0.2, 0.25) is 5.15 Å². The van der Waals surface area contributed by atoms with Crippen LogP contribution in [-0.2, 0) is 0 Å². The number of benzene rings is 1. The first kappa shape index (κ1) is 13.6. The van der Waals surface area contributed by atoms with E-state index in [1.54, 1.807) is 18.3 Å². The highest BCUT2D eigenvalue weighted by atomic mass is 35.5. The third kappa shape index (κ3) is 3.20. The normalized spacial score (nSPS) is 10.4. The van der Waals surface area contributed by atoms with Crippen LogP contribution in [0.3, 0.4) is 0 Å². The van der Waals surface area contributed by atoms with E-state index in [0.29, 0.717) is 16.7 Å². The lowest BCUT2D eigenvalue weighted by molar-refractivity contribution is 0.481. The van der Waals surface area contributed by atoms with Gasteiger partial charge >= 0.3 is 0 Å². The van der Waals surface area contributed by atoms with Gasteiger partial charge in [0, 0.05) is 23.5 Å². The number of nitrogens with zero attached hydrogens (tertiary/aromatic N) is 2. The predicted octanol–water partition coefficient (Wildman–Crippen LogP) is 4.90. The molecule has 0 fully saturated rings. The van der Waals surface area contributed by atoms with Gasteiger partial charge in [-0.25, -0.2) is 9.97 Å². The van der Waals surface area contributed by atoms with Crippen molar-refractivity contribution in [1.82, 2.24) is 9.97 Å². The summed E-state index contributed by atoms with van der Waals surface area (Å²) in [5, 5.41) is 0.397. The zero-order valence-corrected chi connectivity index (χ0v) is 12.2. The van der Waals surface area contributed by atoms with E-state index in [0.717, 1.165) is 17.0 Å². The molecular formula is C17H13ClN2O. The van der Waals surface area contributed by atoms with Gasteiger partial charge in [-0.1, -0.05) is 41.9 Å². The van der Waals surface area contributed by atoms with Crippen LogP contribution >= 0.6 is 11.6 Å². The summed E-state index contributed by atoms with van der Waals surface area (Å²) in [5.74, 6) is 1.33. The van der Waals surface area contributed by atoms with Crippen LogP contribution in [0, 0.1) is 6.92 Å². The minimum atomic E-state index is 0.397. The molecule has 1 aromatic carbocycles. The van der Waals surface area contributed by atoms with Crippen molar-refractivity contribution in [2.75, 3.05) is 0 Å². The van der Waals surface area contributed by atoms with Crippen molar-refractivity contribution >= 4 is 11.6 Å². The first-order valence-electron chi connectivity index (χ1n) is 6.55. The molecule has 0 bridgehead atoms. The van der Waals surface area contributed by atoms with E-state index in [2.05, 4.69) is 9.97 Å². The molecule has 0 amide bonds. The molecule has 3 rings (SSSR count). The van der Waals surface area contributed by atoms with E-state index in [4.69, 9.17) is 16.3 Å². The monoisotopic (exact) mass is 296 g/mol. The Labute approximate surface area is 128 Å². The summed E-state index contributed by atoms with van der Waals surface area (Å²) in [5.41, 5.74) is 2.76. The molecule has 104 valence electrons. The second-order valence-electron chi connectivity index (χ2n) is 4.58. The summed E-state index contributed by atoms with van der Waals surface area (Å²) < 4.78 is 5.91. The maximum Gasteiger partial charge on any atom is 0.153 e. The van der Waals surface area contributed by atoms with Gasteiger partial charge in [-0.05, 0) is 25.1 Å². The summed E-state index contributed by atoms with van der Waals surface area (Å²) in [4.78, 5) is 8.53. The molecule has 0 unspecified atom stereocenters. The van der Waals surface area contributed by atoms with Crippen LogP contribution in [0.5, 0.6) is 11.5 Å². The number of halogens is 1. The number of aromatic nitrogens is 2. The molecule has 0 N–H and O–H groups in total. The standard InChI is InChI=1S/C17H13ClN2O/c1-12-7-8-15(21-14-9-10-19-16(18)11-14)17(20-12)13-5-3-2-4-6-13/h2-11H,1H3. The van der Waals surface area contributed by atoms with Gasteiger partial charge in [-0.15, -0.1) is 0 Å². The van der Waals surface area contributed by atoms with Gasteiger partial charge in [0.1, 0.15) is 16.6 Å². The number of rotatable bonds is 3. The summed E-state index contributed by atoms with van der Waals surface area (Å²) >= 11 is 5.89. The Morgan fingerprint density at radius 3 is 2.57 bits per heavy atom. The smallest absolute Gasteiger partial charge is 0.153 e. The third-order valence-corrected chi connectivity index (χ3v) is 3.18. The average molecular weight is 297 g/mol. The molecule has 3 aromatic rings. The zero-order valence-electron chi connectivity index (χ0n) is 11.5. The number of hydrogen-bond acceptors (Lipinski definition) is 3. The van der Waals surface area contributed by atoms with Crippen LogP contribution in [-0.4, -0.2) is 9.97 Å². The summed E-state index contributed by atoms with van der Waals surface area (Å²) in [6.45, 7) is 1.96. The molecule has 0 aliphatic carbocycles. The highest BCUT2D eigenvalue weighted by Gasteiger charge is 2.09. The van der Waals surface area contributed by atoms with E-state index in [-0.39, 0.29) is 0 Å². The van der Waals surface area contributed by atoms with Gasteiger partial charge in [0.25, 0.3) is 0 Å². The van der Waals surface area contributed by atoms with Crippen LogP contribution in [0.15, 0.2) is 60.8 Å². The first-order valence-corrected chi connectivity index (χ1v) is 6.92. The van der Waals surface area contributed by atoms with Crippen LogP contribution in [0.25, 0.3) is 11.3 Å². The molecule has 0 radical (unpaired) electrons. The van der Waals surface area contributed by atoms with Gasteiger partial charge in [0.05, 0.1) is 0 Å². The molecule has 4 heteroatoms. The van der Waals surface area contributed by atoms with Crippen molar-refractivity contribution in [3.8, 4) is 22.8 Å². The molecule has 0 aliphatic heterocycles. The van der Waals surface area contributed by atoms with Crippen molar-refractivity contribution < 1.29 is 4.74 Å². The van der Waals surface area contributed by atoms with Crippen LogP contribution in [0.4, 0.5) is 0 Å². The summed E-state index contributed by atoms with van der Waals surface area (Å²) in [6, 6.07) is 17.2. The Bertz CT molecular complexity index is 760. The molecule has 2 heterocycles. The topological polar surface area (TPSA) is 35.0 Å². The average Bonchev–Trinajstić information content (AvgIpc) is 2.50. The Morgan fingerprint density at radius 2 is 1.81 bits per heavy atom. The Kier molecular flexibility index (Phi) is 3.84. The second kappa shape index (κ2) is 5.94. The van der Waals surface area contributed by atoms with E-state index < -0.39 is 0 Å². The summed E-state index contributed by atoms with van der Waals surface area (Å²) in [7, 11) is 0. The molecule has 2 aromatic heterocycles. The Balaban J connectivity index is 2.03. The number of hydrogen-bond donors (Lipinski definition) is 0. The van der Waals surface area contributed by atoms with E-state index in [1.807, 2.05) is 49.4 Å². The van der Waals surface area contributed by atoms with Crippen molar-refractivity contribution in [1.29, 1.82) is 0 Å². The SMILES string of the molecule is Cc1ccc(Oc2ccnc(Cl)c2)c(-c2ccccc2)n1. The fourth-order valence-electron chi connectivity index (χ4n) is 2.00. The molecule has 0 atom stereocenters. The van der Waals surface area contributed by atoms with Crippen molar-refractivity contribution in [3.63, 3.8) is 0 Å². The quantitative estimate of drug-likeness (QED) is 0.645. The van der Waals surface area contributed by atoms with E-state index >= 15 is 0 Å². The van der Waals surface area contributed by atoms with Crippen molar-refractivity contribution in [2.24, 2.45) is 0 Å². The fraction of sp³-hybridized carbons (Fsp3) is 0.0588. The minimum Gasteiger partial charge on any atom is -0.455 e. The first-order chi connectivity index (χ1) is 10.2. The zero-order chi connectivity index (χ0) is 14.7. The lowest BCUT2D eigenvalue weighted by Gasteiger charge is -2.11. The Morgan fingerprint density at radius 1 is 1.00 bits per heavy atom. The molecule has 3 nitrogen and oxygen atoms in total. The molecule has 0 saturated carbocycles. The highest BCUT2D eigenvalue weighted by molar-refractivity contribution is 6.29. The molecule has 0 aliphatic rings. The molecule has 21 heavy (non-hydrogen) atoms. The van der Waals surface area contributed by atoms with Crippen molar-refractivity contribution in [3.05, 3.63) is 71.6 Å². The largest absolute Gasteiger partial charge is 0.455 e. The second-order valence-corrected chi connectivity index (χ2v) is 4.97. The molecule has 0 saturated heterocycles. The number of pyridine rings is 2. The fourth-order valence-corrected chi connectivity index (χ4v) is 2.17. The third-order valence-electron chi connectivity index (χ3n) is 2.97. The van der Waals surface area contributed by atoms with Gasteiger partial charge < -0.3 is 4.74 Å². The van der Waals surface area contributed by atoms with Gasteiger partial charge in [-0.2, -0.15) is 0 Å². The van der Waals surface area contributed by atoms with Gasteiger partial charge in [-0.3, -0.25) is 0 Å². The van der Waals surface area contributed by atoms with E-state index in [1.165, 1.54) is 0 Å². The molecule has 0 spiro atoms. The van der Waals surface area contributed by atoms with Crippen LogP contribution < -0.4 is 4.74 Å². The summed E-state index contributed by atoms with van der Waals surface area (Å²) in [6.07, 6.45) is 1.61. The van der Waals surface area contributed by atoms with E-state index in [9.17, 15) is 0 Å². The van der Waals surface area contributed by atoms with Gasteiger partial charge in [0.2, 0.25) is 0 Å². The predicted molar refractivity (Wildman–Crippen MR) is 83.7 cm³/mol. The highest BCUT2D eigenvalue weighted by Crippen LogP contribution is 2.32. The number of ether oxygens (including phenoxy) is 1. The van der Waals surface area contributed by atoms with Crippen molar-refractivity contribution in [2.45, 2.75) is 6.92 Å². The maximum absolute atomic E-state index is 5.91. The minimum absolute atomic E-state index is 0.397. The Hall–Kier alpha value is -2.39. The lowest BCUT2D eigenvalue weighted by atomic mass is 10.1. The molecular weight excluding hydrogens is 284 g/mol. The lowest BCUT2D eigenvalue weighted by Crippen LogP contribution is -1.93. The van der Waals surface area contributed by atoms with Crippen LogP contribution in [0.1, 0.15) is 5.69 Å².